The molecule has 0 radical (unpaired) electrons. The van der Waals surface area contributed by atoms with E-state index in [4.69, 9.17) is 4.74 Å². The van der Waals surface area contributed by atoms with E-state index in [9.17, 15) is 9.90 Å². The first-order valence-electron chi connectivity index (χ1n) is 6.98. The van der Waals surface area contributed by atoms with Crippen LogP contribution in [0.4, 0.5) is 0 Å². The zero-order chi connectivity index (χ0) is 15.2. The van der Waals surface area contributed by atoms with Crippen molar-refractivity contribution in [3.8, 4) is 5.75 Å². The number of carboxylic acid groups (broad SMARTS) is 1. The molecule has 0 amide bonds. The summed E-state index contributed by atoms with van der Waals surface area (Å²) < 4.78 is 5.13. The lowest BCUT2D eigenvalue weighted by Gasteiger charge is -2.01. The van der Waals surface area contributed by atoms with Crippen molar-refractivity contribution >= 4 is 17.3 Å². The molecule has 2 rings (SSSR count). The molecule has 0 atom stereocenters. The number of carbonyl (C=O) groups is 1. The molecular formula is C16H19NO3S. The minimum absolute atomic E-state index is 0.381. The highest BCUT2D eigenvalue weighted by molar-refractivity contribution is 7.13. The van der Waals surface area contributed by atoms with Crippen LogP contribution in [0.3, 0.4) is 0 Å². The van der Waals surface area contributed by atoms with E-state index in [1.165, 1.54) is 11.3 Å². The number of aryl methyl sites for hydroxylation is 1. The topological polar surface area (TPSA) is 59.4 Å². The van der Waals surface area contributed by atoms with E-state index in [0.717, 1.165) is 41.3 Å². The molecule has 0 saturated heterocycles. The summed E-state index contributed by atoms with van der Waals surface area (Å²) in [6.07, 6.45) is 3.38. The molecule has 0 aliphatic heterocycles. The van der Waals surface area contributed by atoms with Crippen LogP contribution in [0.5, 0.6) is 5.75 Å². The molecule has 0 saturated carbocycles. The maximum Gasteiger partial charge on any atom is 0.347 e. The molecule has 1 aromatic carbocycles. The molecule has 1 heterocycles. The van der Waals surface area contributed by atoms with Crippen LogP contribution in [-0.4, -0.2) is 23.2 Å². The van der Waals surface area contributed by atoms with Gasteiger partial charge in [-0.15, -0.1) is 11.3 Å². The van der Waals surface area contributed by atoms with Gasteiger partial charge in [-0.05, 0) is 30.5 Å². The molecule has 5 heteroatoms. The van der Waals surface area contributed by atoms with Gasteiger partial charge in [-0.25, -0.2) is 9.78 Å². The van der Waals surface area contributed by atoms with Crippen molar-refractivity contribution in [2.75, 3.05) is 7.11 Å². The van der Waals surface area contributed by atoms with Gasteiger partial charge in [0, 0.05) is 6.42 Å². The summed E-state index contributed by atoms with van der Waals surface area (Å²) in [6, 6.07) is 7.76. The highest BCUT2D eigenvalue weighted by atomic mass is 32.1. The van der Waals surface area contributed by atoms with Crippen molar-refractivity contribution in [3.63, 3.8) is 0 Å². The van der Waals surface area contributed by atoms with Gasteiger partial charge in [0.15, 0.2) is 0 Å². The molecule has 4 nitrogen and oxygen atoms in total. The predicted molar refractivity (Wildman–Crippen MR) is 83.5 cm³/mol. The zero-order valence-electron chi connectivity index (χ0n) is 12.3. The lowest BCUT2D eigenvalue weighted by molar-refractivity contribution is 0.0700. The van der Waals surface area contributed by atoms with Gasteiger partial charge in [-0.1, -0.05) is 25.5 Å². The Labute approximate surface area is 128 Å². The van der Waals surface area contributed by atoms with E-state index in [1.54, 1.807) is 7.11 Å². The molecule has 0 fully saturated rings. The Morgan fingerprint density at radius 1 is 1.33 bits per heavy atom. The normalized spacial score (nSPS) is 10.6. The third kappa shape index (κ3) is 4.04. The minimum atomic E-state index is -0.875. The molecule has 0 aliphatic rings. The predicted octanol–water partition coefficient (Wildman–Crippen LogP) is 3.78. The average molecular weight is 305 g/mol. The Bertz CT molecular complexity index is 604. The number of benzene rings is 1. The summed E-state index contributed by atoms with van der Waals surface area (Å²) in [5.74, 6) is -0.0627. The first-order valence-corrected chi connectivity index (χ1v) is 7.80. The van der Waals surface area contributed by atoms with Crippen LogP contribution in [0.1, 0.15) is 45.7 Å². The molecule has 0 unspecified atom stereocenters. The number of rotatable bonds is 7. The number of hydrogen-bond acceptors (Lipinski definition) is 4. The molecule has 1 aromatic heterocycles. The van der Waals surface area contributed by atoms with Crippen LogP contribution in [0.25, 0.3) is 0 Å². The number of unbranched alkanes of at least 4 members (excludes halogenated alkanes) is 1. The number of nitrogens with zero attached hydrogens (tertiary/aromatic N) is 1. The number of methoxy groups -OCH3 is 1. The van der Waals surface area contributed by atoms with Crippen molar-refractivity contribution in [1.29, 1.82) is 0 Å². The van der Waals surface area contributed by atoms with Crippen molar-refractivity contribution in [3.05, 3.63) is 45.4 Å². The quantitative estimate of drug-likeness (QED) is 0.845. The van der Waals surface area contributed by atoms with E-state index in [0.29, 0.717) is 11.3 Å². The summed E-state index contributed by atoms with van der Waals surface area (Å²) in [5, 5.41) is 10.1. The molecule has 2 aromatic rings. The molecular weight excluding hydrogens is 286 g/mol. The van der Waals surface area contributed by atoms with E-state index in [-0.39, 0.29) is 0 Å². The van der Waals surface area contributed by atoms with Crippen molar-refractivity contribution in [2.45, 2.75) is 32.6 Å². The summed E-state index contributed by atoms with van der Waals surface area (Å²) in [5.41, 5.74) is 1.82. The number of ether oxygens (including phenoxy) is 1. The maximum atomic E-state index is 11.3. The third-order valence-electron chi connectivity index (χ3n) is 3.22. The molecule has 112 valence electrons. The van der Waals surface area contributed by atoms with Gasteiger partial charge in [0.2, 0.25) is 0 Å². The van der Waals surface area contributed by atoms with Crippen LogP contribution in [-0.2, 0) is 12.8 Å². The second kappa shape index (κ2) is 7.22. The summed E-state index contributed by atoms with van der Waals surface area (Å²) in [6.45, 7) is 2.09. The van der Waals surface area contributed by atoms with E-state index in [2.05, 4.69) is 11.9 Å². The van der Waals surface area contributed by atoms with Gasteiger partial charge in [-0.2, -0.15) is 0 Å². The fourth-order valence-corrected chi connectivity index (χ4v) is 3.06. The van der Waals surface area contributed by atoms with Gasteiger partial charge in [0.05, 0.1) is 17.8 Å². The molecule has 0 bridgehead atoms. The monoisotopic (exact) mass is 305 g/mol. The van der Waals surface area contributed by atoms with Gasteiger partial charge in [0.25, 0.3) is 0 Å². The SMILES string of the molecule is CCCCc1nc(Cc2ccc(OC)cc2)sc1C(=O)O. The summed E-state index contributed by atoms with van der Waals surface area (Å²) >= 11 is 1.28. The maximum absolute atomic E-state index is 11.3. The second-order valence-corrected chi connectivity index (χ2v) is 5.90. The largest absolute Gasteiger partial charge is 0.497 e. The lowest BCUT2D eigenvalue weighted by atomic mass is 10.1. The third-order valence-corrected chi connectivity index (χ3v) is 4.30. The van der Waals surface area contributed by atoms with E-state index < -0.39 is 5.97 Å². The average Bonchev–Trinajstić information content (AvgIpc) is 2.89. The van der Waals surface area contributed by atoms with E-state index >= 15 is 0 Å². The van der Waals surface area contributed by atoms with Crippen molar-refractivity contribution in [2.24, 2.45) is 0 Å². The van der Waals surface area contributed by atoms with Crippen LogP contribution >= 0.6 is 11.3 Å². The Morgan fingerprint density at radius 3 is 2.62 bits per heavy atom. The Kier molecular flexibility index (Phi) is 5.33. The number of carboxylic acids is 1. The van der Waals surface area contributed by atoms with Crippen LogP contribution in [0, 0.1) is 0 Å². The Hall–Kier alpha value is -1.88. The first kappa shape index (κ1) is 15.5. The van der Waals surface area contributed by atoms with Crippen molar-refractivity contribution < 1.29 is 14.6 Å². The molecule has 0 aliphatic carbocycles. The number of thiazole rings is 1. The fourth-order valence-electron chi connectivity index (χ4n) is 2.08. The van der Waals surface area contributed by atoms with Gasteiger partial charge >= 0.3 is 5.97 Å². The van der Waals surface area contributed by atoms with Gasteiger partial charge in [-0.3, -0.25) is 0 Å². The molecule has 21 heavy (non-hydrogen) atoms. The van der Waals surface area contributed by atoms with Crippen LogP contribution in [0.15, 0.2) is 24.3 Å². The number of hydrogen-bond donors (Lipinski definition) is 1. The molecule has 1 N–H and O–H groups in total. The second-order valence-electron chi connectivity index (χ2n) is 4.82. The highest BCUT2D eigenvalue weighted by Crippen LogP contribution is 2.23. The standard InChI is InChI=1S/C16H19NO3S/c1-3-4-5-13-15(16(18)19)21-14(17-13)10-11-6-8-12(20-2)9-7-11/h6-9H,3-5,10H2,1-2H3,(H,18,19). The zero-order valence-corrected chi connectivity index (χ0v) is 13.1. The van der Waals surface area contributed by atoms with Gasteiger partial charge in [0.1, 0.15) is 10.6 Å². The fraction of sp³-hybridized carbons (Fsp3) is 0.375. The highest BCUT2D eigenvalue weighted by Gasteiger charge is 2.16. The summed E-state index contributed by atoms with van der Waals surface area (Å²) in [7, 11) is 1.63. The lowest BCUT2D eigenvalue weighted by Crippen LogP contribution is -1.98. The number of aromatic nitrogens is 1. The number of aromatic carboxylic acids is 1. The summed E-state index contributed by atoms with van der Waals surface area (Å²) in [4.78, 5) is 16.2. The Balaban J connectivity index is 2.17. The smallest absolute Gasteiger partial charge is 0.347 e. The van der Waals surface area contributed by atoms with Crippen molar-refractivity contribution in [1.82, 2.24) is 4.98 Å². The van der Waals surface area contributed by atoms with Gasteiger partial charge < -0.3 is 9.84 Å². The Morgan fingerprint density at radius 2 is 2.05 bits per heavy atom. The van der Waals surface area contributed by atoms with Crippen LogP contribution < -0.4 is 4.74 Å². The first-order chi connectivity index (χ1) is 10.1. The molecule has 0 spiro atoms. The van der Waals surface area contributed by atoms with Crippen LogP contribution in [0.2, 0.25) is 0 Å². The minimum Gasteiger partial charge on any atom is -0.497 e. The van der Waals surface area contributed by atoms with E-state index in [1.807, 2.05) is 24.3 Å².